The number of nitrogens with one attached hydrogen (secondary N) is 1. The first-order chi connectivity index (χ1) is 13.9. The topological polar surface area (TPSA) is 58.6 Å². The van der Waals surface area contributed by atoms with Crippen LogP contribution in [0.1, 0.15) is 43.4 Å². The Morgan fingerprint density at radius 2 is 1.59 bits per heavy atom. The molecule has 2 amide bonds. The van der Waals surface area contributed by atoms with Gasteiger partial charge in [-0.1, -0.05) is 47.5 Å². The van der Waals surface area contributed by atoms with Crippen molar-refractivity contribution in [1.82, 2.24) is 10.2 Å². The van der Waals surface area contributed by atoms with E-state index in [2.05, 4.69) is 5.32 Å². The van der Waals surface area contributed by atoms with Crippen LogP contribution in [0.4, 0.5) is 0 Å². The molecule has 0 heterocycles. The molecule has 0 spiro atoms. The molecule has 0 fully saturated rings. The number of ether oxygens (including phenoxy) is 1. The molecule has 5 nitrogen and oxygen atoms in total. The lowest BCUT2D eigenvalue weighted by atomic mass is 10.1. The van der Waals surface area contributed by atoms with E-state index in [9.17, 15) is 9.59 Å². The van der Waals surface area contributed by atoms with E-state index in [4.69, 9.17) is 4.74 Å². The molecule has 2 aromatic rings. The number of amides is 2. The van der Waals surface area contributed by atoms with Crippen molar-refractivity contribution in [2.75, 3.05) is 13.2 Å². The lowest BCUT2D eigenvalue weighted by Gasteiger charge is -2.29. The first-order valence-corrected chi connectivity index (χ1v) is 10.2. The van der Waals surface area contributed by atoms with E-state index in [1.807, 2.05) is 69.3 Å². The van der Waals surface area contributed by atoms with Gasteiger partial charge in [-0.05, 0) is 51.8 Å². The average Bonchev–Trinajstić information content (AvgIpc) is 2.71. The quantitative estimate of drug-likeness (QED) is 0.617. The molecule has 0 aliphatic carbocycles. The van der Waals surface area contributed by atoms with Crippen molar-refractivity contribution in [1.29, 1.82) is 0 Å². The van der Waals surface area contributed by atoms with Crippen molar-refractivity contribution >= 4 is 11.8 Å². The maximum Gasteiger partial charge on any atom is 0.242 e. The third-order valence-electron chi connectivity index (χ3n) is 4.82. The Labute approximate surface area is 174 Å². The molecule has 1 N–H and O–H groups in total. The van der Waals surface area contributed by atoms with Gasteiger partial charge in [0.15, 0.2) is 0 Å². The van der Waals surface area contributed by atoms with Crippen LogP contribution in [0.25, 0.3) is 0 Å². The fraction of sp³-hybridized carbons (Fsp3) is 0.417. The van der Waals surface area contributed by atoms with Gasteiger partial charge in [-0.2, -0.15) is 0 Å². The minimum atomic E-state index is -0.526. The highest BCUT2D eigenvalue weighted by molar-refractivity contribution is 5.87. The highest BCUT2D eigenvalue weighted by atomic mass is 16.5. The van der Waals surface area contributed by atoms with Crippen molar-refractivity contribution in [3.05, 3.63) is 65.2 Å². The summed E-state index contributed by atoms with van der Waals surface area (Å²) in [6.45, 7) is 9.12. The van der Waals surface area contributed by atoms with E-state index >= 15 is 0 Å². The summed E-state index contributed by atoms with van der Waals surface area (Å²) in [5.74, 6) is 0.621. The number of aryl methyl sites for hydroxylation is 2. The third kappa shape index (κ3) is 7.26. The molecule has 0 saturated carbocycles. The van der Waals surface area contributed by atoms with Crippen molar-refractivity contribution in [2.24, 2.45) is 0 Å². The summed E-state index contributed by atoms with van der Waals surface area (Å²) in [7, 11) is 0. The van der Waals surface area contributed by atoms with Gasteiger partial charge in [-0.3, -0.25) is 9.59 Å². The Morgan fingerprint density at radius 1 is 1.00 bits per heavy atom. The fourth-order valence-electron chi connectivity index (χ4n) is 2.99. The number of likely N-dealkylation sites (N-methyl/N-ethyl adjacent to an activating group) is 1. The molecule has 0 bridgehead atoms. The molecule has 0 radical (unpaired) electrons. The van der Waals surface area contributed by atoms with E-state index in [-0.39, 0.29) is 11.8 Å². The summed E-state index contributed by atoms with van der Waals surface area (Å²) in [6, 6.07) is 15.4. The predicted molar refractivity (Wildman–Crippen MR) is 116 cm³/mol. The second-order valence-corrected chi connectivity index (χ2v) is 7.34. The molecule has 1 atom stereocenters. The van der Waals surface area contributed by atoms with Gasteiger partial charge in [-0.15, -0.1) is 0 Å². The van der Waals surface area contributed by atoms with Gasteiger partial charge in [0.1, 0.15) is 11.8 Å². The van der Waals surface area contributed by atoms with E-state index in [0.29, 0.717) is 32.5 Å². The average molecular weight is 397 g/mol. The Hall–Kier alpha value is -2.82. The molecule has 156 valence electrons. The van der Waals surface area contributed by atoms with Gasteiger partial charge < -0.3 is 15.0 Å². The van der Waals surface area contributed by atoms with Crippen LogP contribution in [0.3, 0.4) is 0 Å². The number of hydrogen-bond acceptors (Lipinski definition) is 3. The van der Waals surface area contributed by atoms with Gasteiger partial charge in [0.25, 0.3) is 0 Å². The standard InChI is InChI=1S/C24H32N2O3/c1-5-25-24(28)20(4)26(17-21-12-8-18(2)9-13-21)23(27)7-6-16-29-22-14-10-19(3)11-15-22/h8-15,20H,5-7,16-17H2,1-4H3,(H,25,28). The molecule has 0 aliphatic rings. The van der Waals surface area contributed by atoms with Crippen molar-refractivity contribution < 1.29 is 14.3 Å². The largest absolute Gasteiger partial charge is 0.494 e. The zero-order valence-corrected chi connectivity index (χ0v) is 17.9. The summed E-state index contributed by atoms with van der Waals surface area (Å²) in [5.41, 5.74) is 3.35. The van der Waals surface area contributed by atoms with Crippen LogP contribution in [-0.2, 0) is 16.1 Å². The summed E-state index contributed by atoms with van der Waals surface area (Å²) in [4.78, 5) is 26.9. The highest BCUT2D eigenvalue weighted by Crippen LogP contribution is 2.14. The molecule has 5 heteroatoms. The van der Waals surface area contributed by atoms with Crippen molar-refractivity contribution in [3.8, 4) is 5.75 Å². The monoisotopic (exact) mass is 396 g/mol. The van der Waals surface area contributed by atoms with Crippen LogP contribution in [0.15, 0.2) is 48.5 Å². The molecule has 0 aliphatic heterocycles. The zero-order valence-electron chi connectivity index (χ0n) is 17.9. The lowest BCUT2D eigenvalue weighted by molar-refractivity contribution is -0.140. The minimum absolute atomic E-state index is 0.0446. The number of hydrogen-bond donors (Lipinski definition) is 1. The van der Waals surface area contributed by atoms with E-state index in [0.717, 1.165) is 16.9 Å². The smallest absolute Gasteiger partial charge is 0.242 e. The van der Waals surface area contributed by atoms with Crippen LogP contribution < -0.4 is 10.1 Å². The number of carbonyl (C=O) groups excluding carboxylic acids is 2. The van der Waals surface area contributed by atoms with Gasteiger partial charge >= 0.3 is 0 Å². The van der Waals surface area contributed by atoms with Gasteiger partial charge in [-0.25, -0.2) is 0 Å². The SMILES string of the molecule is CCNC(=O)C(C)N(Cc1ccc(C)cc1)C(=O)CCCOc1ccc(C)cc1. The maximum atomic E-state index is 12.9. The van der Waals surface area contributed by atoms with Crippen molar-refractivity contribution in [2.45, 2.75) is 53.1 Å². The Morgan fingerprint density at radius 3 is 2.17 bits per heavy atom. The number of benzene rings is 2. The van der Waals surface area contributed by atoms with Crippen LogP contribution in [0, 0.1) is 13.8 Å². The molecular formula is C24H32N2O3. The lowest BCUT2D eigenvalue weighted by Crippen LogP contribution is -2.47. The normalized spacial score (nSPS) is 11.6. The van der Waals surface area contributed by atoms with E-state index < -0.39 is 6.04 Å². The second kappa shape index (κ2) is 11.2. The van der Waals surface area contributed by atoms with Crippen LogP contribution >= 0.6 is 0 Å². The molecule has 2 rings (SSSR count). The summed E-state index contributed by atoms with van der Waals surface area (Å²) in [6.07, 6.45) is 0.931. The highest BCUT2D eigenvalue weighted by Gasteiger charge is 2.25. The second-order valence-electron chi connectivity index (χ2n) is 7.34. The Balaban J connectivity index is 1.96. The van der Waals surface area contributed by atoms with Crippen LogP contribution in [0.2, 0.25) is 0 Å². The van der Waals surface area contributed by atoms with Gasteiger partial charge in [0, 0.05) is 19.5 Å². The third-order valence-corrected chi connectivity index (χ3v) is 4.82. The zero-order chi connectivity index (χ0) is 21.2. The maximum absolute atomic E-state index is 12.9. The first kappa shape index (κ1) is 22.5. The summed E-state index contributed by atoms with van der Waals surface area (Å²) < 4.78 is 5.72. The fourth-order valence-corrected chi connectivity index (χ4v) is 2.99. The number of nitrogens with zero attached hydrogens (tertiary/aromatic N) is 1. The van der Waals surface area contributed by atoms with E-state index in [1.165, 1.54) is 5.56 Å². The molecule has 0 saturated heterocycles. The summed E-state index contributed by atoms with van der Waals surface area (Å²) in [5, 5.41) is 2.81. The summed E-state index contributed by atoms with van der Waals surface area (Å²) >= 11 is 0. The Bertz CT molecular complexity index is 785. The van der Waals surface area contributed by atoms with Crippen LogP contribution in [0.5, 0.6) is 5.75 Å². The van der Waals surface area contributed by atoms with Crippen molar-refractivity contribution in [3.63, 3.8) is 0 Å². The minimum Gasteiger partial charge on any atom is -0.494 e. The van der Waals surface area contributed by atoms with Gasteiger partial charge in [0.2, 0.25) is 11.8 Å². The molecular weight excluding hydrogens is 364 g/mol. The first-order valence-electron chi connectivity index (χ1n) is 10.2. The van der Waals surface area contributed by atoms with Gasteiger partial charge in [0.05, 0.1) is 6.61 Å². The molecule has 0 aromatic heterocycles. The number of carbonyl (C=O) groups is 2. The molecule has 2 aromatic carbocycles. The Kier molecular flexibility index (Phi) is 8.71. The van der Waals surface area contributed by atoms with E-state index in [1.54, 1.807) is 11.8 Å². The van der Waals surface area contributed by atoms with Crippen LogP contribution in [-0.4, -0.2) is 35.9 Å². The number of rotatable bonds is 10. The predicted octanol–water partition coefficient (Wildman–Crippen LogP) is 4.02. The molecule has 1 unspecified atom stereocenters. The molecule has 29 heavy (non-hydrogen) atoms.